The van der Waals surface area contributed by atoms with Gasteiger partial charge in [0, 0.05) is 33.1 Å². The van der Waals surface area contributed by atoms with E-state index >= 15 is 0 Å². The number of hydrogen-bond donors (Lipinski definition) is 1. The molecule has 2 rings (SSSR count). The van der Waals surface area contributed by atoms with Crippen molar-refractivity contribution in [1.29, 1.82) is 0 Å². The van der Waals surface area contributed by atoms with Crippen molar-refractivity contribution < 1.29 is 24.2 Å². The Labute approximate surface area is 136 Å². The highest BCUT2D eigenvalue weighted by Gasteiger charge is 2.39. The molecule has 2 unspecified atom stereocenters. The van der Waals surface area contributed by atoms with Gasteiger partial charge in [-0.05, 0) is 12.0 Å². The lowest BCUT2D eigenvalue weighted by molar-refractivity contribution is -0.148. The highest BCUT2D eigenvalue weighted by Crippen LogP contribution is 2.21. The Balaban J connectivity index is 1.70. The molecule has 1 saturated heterocycles. The minimum Gasteiger partial charge on any atom is -0.480 e. The summed E-state index contributed by atoms with van der Waals surface area (Å²) in [5.74, 6) is -1.13. The number of nitrogens with zero attached hydrogens (tertiary/aromatic N) is 1. The van der Waals surface area contributed by atoms with Crippen molar-refractivity contribution in [3.05, 3.63) is 35.9 Å². The van der Waals surface area contributed by atoms with Crippen molar-refractivity contribution in [2.75, 3.05) is 20.3 Å². The molecule has 0 spiro atoms. The fraction of sp³-hybridized carbons (Fsp3) is 0.529. The lowest BCUT2D eigenvalue weighted by Crippen LogP contribution is -2.40. The molecule has 1 N–H and O–H groups in total. The Morgan fingerprint density at radius 2 is 2.04 bits per heavy atom. The zero-order chi connectivity index (χ0) is 16.7. The van der Waals surface area contributed by atoms with Crippen LogP contribution in [0.1, 0.15) is 24.8 Å². The zero-order valence-electron chi connectivity index (χ0n) is 13.3. The summed E-state index contributed by atoms with van der Waals surface area (Å²) in [5.41, 5.74) is 1.09. The third-order valence-corrected chi connectivity index (χ3v) is 3.99. The molecular formula is C17H23NO5. The van der Waals surface area contributed by atoms with Crippen LogP contribution in [-0.2, 0) is 25.7 Å². The first-order valence-electron chi connectivity index (χ1n) is 7.78. The maximum absolute atomic E-state index is 12.2. The molecule has 6 nitrogen and oxygen atoms in total. The predicted molar refractivity (Wildman–Crippen MR) is 83.9 cm³/mol. The van der Waals surface area contributed by atoms with E-state index in [4.69, 9.17) is 9.47 Å². The number of benzene rings is 1. The Kier molecular flexibility index (Phi) is 6.55. The first kappa shape index (κ1) is 17.4. The van der Waals surface area contributed by atoms with E-state index in [9.17, 15) is 14.7 Å². The van der Waals surface area contributed by atoms with Crippen molar-refractivity contribution in [3.8, 4) is 0 Å². The highest BCUT2D eigenvalue weighted by molar-refractivity contribution is 5.84. The van der Waals surface area contributed by atoms with E-state index < -0.39 is 12.0 Å². The summed E-state index contributed by atoms with van der Waals surface area (Å²) < 4.78 is 10.7. The van der Waals surface area contributed by atoms with Crippen molar-refractivity contribution >= 4 is 11.9 Å². The first-order chi connectivity index (χ1) is 11.1. The molecule has 23 heavy (non-hydrogen) atoms. The number of rotatable bonds is 8. The molecule has 1 aliphatic rings. The van der Waals surface area contributed by atoms with Gasteiger partial charge in [-0.25, -0.2) is 4.79 Å². The molecule has 126 valence electrons. The van der Waals surface area contributed by atoms with Crippen LogP contribution in [0.3, 0.4) is 0 Å². The van der Waals surface area contributed by atoms with Gasteiger partial charge in [-0.1, -0.05) is 30.3 Å². The summed E-state index contributed by atoms with van der Waals surface area (Å²) in [4.78, 5) is 24.9. The van der Waals surface area contributed by atoms with E-state index in [-0.39, 0.29) is 18.4 Å². The standard InChI is InChI=1S/C17H23NO5/c1-22-14-10-15(17(20)21)18(11-14)16(19)8-5-9-23-12-13-6-3-2-4-7-13/h2-4,6-7,14-15H,5,8-12H2,1H3,(H,20,21). The van der Waals surface area contributed by atoms with Gasteiger partial charge in [-0.2, -0.15) is 0 Å². The maximum Gasteiger partial charge on any atom is 0.326 e. The lowest BCUT2D eigenvalue weighted by Gasteiger charge is -2.21. The quantitative estimate of drug-likeness (QED) is 0.737. The third-order valence-electron chi connectivity index (χ3n) is 3.99. The molecular weight excluding hydrogens is 298 g/mol. The Bertz CT molecular complexity index is 519. The van der Waals surface area contributed by atoms with Gasteiger partial charge < -0.3 is 19.5 Å². The number of aliphatic carboxylic acids is 1. The Morgan fingerprint density at radius 3 is 2.70 bits per heavy atom. The summed E-state index contributed by atoms with van der Waals surface area (Å²) in [6.07, 6.45) is 1.01. The summed E-state index contributed by atoms with van der Waals surface area (Å²) in [5, 5.41) is 9.21. The zero-order valence-corrected chi connectivity index (χ0v) is 13.3. The van der Waals surface area contributed by atoms with Gasteiger partial charge in [-0.15, -0.1) is 0 Å². The van der Waals surface area contributed by atoms with E-state index in [2.05, 4.69) is 0 Å². The van der Waals surface area contributed by atoms with Crippen LogP contribution in [-0.4, -0.2) is 54.3 Å². The van der Waals surface area contributed by atoms with Crippen LogP contribution in [0.25, 0.3) is 0 Å². The molecule has 0 aliphatic carbocycles. The second-order valence-corrected chi connectivity index (χ2v) is 5.64. The summed E-state index contributed by atoms with van der Waals surface area (Å²) in [6, 6.07) is 9.04. The fourth-order valence-electron chi connectivity index (χ4n) is 2.71. The smallest absolute Gasteiger partial charge is 0.326 e. The number of carboxylic acid groups (broad SMARTS) is 1. The molecule has 0 saturated carbocycles. The van der Waals surface area contributed by atoms with Crippen molar-refractivity contribution in [2.24, 2.45) is 0 Å². The van der Waals surface area contributed by atoms with Crippen LogP contribution in [0.4, 0.5) is 0 Å². The Morgan fingerprint density at radius 1 is 1.30 bits per heavy atom. The summed E-state index contributed by atoms with van der Waals surface area (Å²) >= 11 is 0. The Hall–Kier alpha value is -1.92. The largest absolute Gasteiger partial charge is 0.480 e. The van der Waals surface area contributed by atoms with E-state index in [1.807, 2.05) is 30.3 Å². The maximum atomic E-state index is 12.2. The average Bonchev–Trinajstić information content (AvgIpc) is 3.00. The predicted octanol–water partition coefficient (Wildman–Crippen LogP) is 1.68. The van der Waals surface area contributed by atoms with Crippen molar-refractivity contribution in [3.63, 3.8) is 0 Å². The second kappa shape index (κ2) is 8.64. The molecule has 6 heteroatoms. The normalized spacial score (nSPS) is 20.7. The molecule has 1 heterocycles. The van der Waals surface area contributed by atoms with Gasteiger partial charge in [0.15, 0.2) is 0 Å². The van der Waals surface area contributed by atoms with Crippen molar-refractivity contribution in [2.45, 2.75) is 38.0 Å². The number of ether oxygens (including phenoxy) is 2. The average molecular weight is 321 g/mol. The summed E-state index contributed by atoms with van der Waals surface area (Å²) in [6.45, 7) is 1.33. The number of carboxylic acids is 1. The fourth-order valence-corrected chi connectivity index (χ4v) is 2.71. The van der Waals surface area contributed by atoms with Crippen LogP contribution >= 0.6 is 0 Å². The van der Waals surface area contributed by atoms with Crippen LogP contribution < -0.4 is 0 Å². The van der Waals surface area contributed by atoms with E-state index in [0.29, 0.717) is 32.6 Å². The van der Waals surface area contributed by atoms with Gasteiger partial charge in [0.25, 0.3) is 0 Å². The van der Waals surface area contributed by atoms with Crippen molar-refractivity contribution in [1.82, 2.24) is 4.90 Å². The number of carbonyl (C=O) groups is 2. The summed E-state index contributed by atoms with van der Waals surface area (Å²) in [7, 11) is 1.54. The minimum absolute atomic E-state index is 0.153. The van der Waals surface area contributed by atoms with Gasteiger partial charge in [-0.3, -0.25) is 4.79 Å². The first-order valence-corrected chi connectivity index (χ1v) is 7.78. The second-order valence-electron chi connectivity index (χ2n) is 5.64. The highest BCUT2D eigenvalue weighted by atomic mass is 16.5. The van der Waals surface area contributed by atoms with E-state index in [0.717, 1.165) is 5.56 Å². The minimum atomic E-state index is -0.974. The van der Waals surface area contributed by atoms with Crippen LogP contribution in [0.15, 0.2) is 30.3 Å². The molecule has 1 aromatic carbocycles. The molecule has 0 aromatic heterocycles. The number of likely N-dealkylation sites (tertiary alicyclic amines) is 1. The third kappa shape index (κ3) is 5.04. The molecule has 0 bridgehead atoms. The van der Waals surface area contributed by atoms with Gasteiger partial charge in [0.2, 0.25) is 5.91 Å². The van der Waals surface area contributed by atoms with Crippen LogP contribution in [0, 0.1) is 0 Å². The number of carbonyl (C=O) groups excluding carboxylic acids is 1. The van der Waals surface area contributed by atoms with Gasteiger partial charge in [0.1, 0.15) is 6.04 Å². The number of amides is 1. The number of hydrogen-bond acceptors (Lipinski definition) is 4. The van der Waals surface area contributed by atoms with Crippen LogP contribution in [0.5, 0.6) is 0 Å². The SMILES string of the molecule is COC1CC(C(=O)O)N(C(=O)CCCOCc2ccccc2)C1. The molecule has 1 fully saturated rings. The lowest BCUT2D eigenvalue weighted by atomic mass is 10.2. The molecule has 1 aromatic rings. The van der Waals surface area contributed by atoms with E-state index in [1.54, 1.807) is 0 Å². The topological polar surface area (TPSA) is 76.1 Å². The monoisotopic (exact) mass is 321 g/mol. The molecule has 1 aliphatic heterocycles. The van der Waals surface area contributed by atoms with Crippen LogP contribution in [0.2, 0.25) is 0 Å². The molecule has 2 atom stereocenters. The van der Waals surface area contributed by atoms with Gasteiger partial charge >= 0.3 is 5.97 Å². The number of methoxy groups -OCH3 is 1. The molecule has 1 amide bonds. The molecule has 0 radical (unpaired) electrons. The van der Waals surface area contributed by atoms with E-state index in [1.165, 1.54) is 12.0 Å². The van der Waals surface area contributed by atoms with Gasteiger partial charge in [0.05, 0.1) is 12.7 Å².